The third-order valence-electron chi connectivity index (χ3n) is 4.04. The van der Waals surface area contributed by atoms with Gasteiger partial charge in [0.25, 0.3) is 0 Å². The Morgan fingerprint density at radius 1 is 1.19 bits per heavy atom. The molecular formula is C16H30N4O. The van der Waals surface area contributed by atoms with Crippen LogP contribution in [-0.2, 0) is 0 Å². The monoisotopic (exact) mass is 294 g/mol. The van der Waals surface area contributed by atoms with Crippen LogP contribution in [0.2, 0.25) is 0 Å². The number of nitrogens with one attached hydrogen (secondary N) is 1. The first-order chi connectivity index (χ1) is 10.0. The molecule has 120 valence electrons. The zero-order chi connectivity index (χ0) is 15.9. The van der Waals surface area contributed by atoms with Gasteiger partial charge in [0.05, 0.1) is 13.2 Å². The Morgan fingerprint density at radius 2 is 1.81 bits per heavy atom. The summed E-state index contributed by atoms with van der Waals surface area (Å²) in [5.41, 5.74) is 0.799. The van der Waals surface area contributed by atoms with Crippen molar-refractivity contribution in [3.8, 4) is 5.88 Å². The molecule has 1 aromatic rings. The maximum atomic E-state index is 5.42. The Balaban J connectivity index is 3.21. The molecule has 1 atom stereocenters. The fourth-order valence-electron chi connectivity index (χ4n) is 2.88. The third-order valence-corrected chi connectivity index (χ3v) is 4.04. The van der Waals surface area contributed by atoms with E-state index >= 15 is 0 Å². The highest BCUT2D eigenvalue weighted by Gasteiger charge is 2.37. The quantitative estimate of drug-likeness (QED) is 0.759. The van der Waals surface area contributed by atoms with Gasteiger partial charge in [-0.25, -0.2) is 4.98 Å². The molecule has 0 saturated heterocycles. The zero-order valence-corrected chi connectivity index (χ0v) is 14.3. The van der Waals surface area contributed by atoms with Crippen LogP contribution in [0.1, 0.15) is 52.8 Å². The lowest BCUT2D eigenvalue weighted by molar-refractivity contribution is 0.0879. The van der Waals surface area contributed by atoms with E-state index in [1.807, 2.05) is 0 Å². The number of nitrogens with zero attached hydrogens (tertiary/aromatic N) is 3. The number of aromatic nitrogens is 2. The van der Waals surface area contributed by atoms with Gasteiger partial charge in [-0.2, -0.15) is 0 Å². The molecule has 0 saturated carbocycles. The minimum Gasteiger partial charge on any atom is -0.480 e. The molecule has 0 fully saturated rings. The summed E-state index contributed by atoms with van der Waals surface area (Å²) < 4.78 is 5.42. The lowest BCUT2D eigenvalue weighted by Crippen LogP contribution is -2.53. The molecule has 1 N–H and O–H groups in total. The van der Waals surface area contributed by atoms with Gasteiger partial charge < -0.3 is 10.1 Å². The fraction of sp³-hybridized carbons (Fsp3) is 0.750. The summed E-state index contributed by atoms with van der Waals surface area (Å²) in [7, 11) is 1.65. The van der Waals surface area contributed by atoms with Gasteiger partial charge in [-0.3, -0.25) is 9.88 Å². The van der Waals surface area contributed by atoms with E-state index in [4.69, 9.17) is 4.74 Å². The van der Waals surface area contributed by atoms with Gasteiger partial charge in [0, 0.05) is 17.9 Å². The van der Waals surface area contributed by atoms with Crippen molar-refractivity contribution < 1.29 is 4.74 Å². The molecule has 5 heteroatoms. The molecule has 1 rings (SSSR count). The molecule has 1 unspecified atom stereocenters. The Kier molecular flexibility index (Phi) is 7.05. The molecule has 0 radical (unpaired) electrons. The Hall–Kier alpha value is -1.20. The van der Waals surface area contributed by atoms with E-state index in [2.05, 4.69) is 54.8 Å². The average molecular weight is 294 g/mol. The number of rotatable bonds is 9. The number of ether oxygens (including phenoxy) is 1. The fourth-order valence-corrected chi connectivity index (χ4v) is 2.88. The first-order valence-electron chi connectivity index (χ1n) is 7.86. The summed E-state index contributed by atoms with van der Waals surface area (Å²) in [6.45, 7) is 14.0. The van der Waals surface area contributed by atoms with Gasteiger partial charge in [-0.05, 0) is 39.9 Å². The predicted molar refractivity (Wildman–Crippen MR) is 86.6 cm³/mol. The summed E-state index contributed by atoms with van der Waals surface area (Å²) in [5, 5.41) is 3.63. The Labute approximate surface area is 129 Å². The van der Waals surface area contributed by atoms with E-state index < -0.39 is 0 Å². The lowest BCUT2D eigenvalue weighted by atomic mass is 9.89. The van der Waals surface area contributed by atoms with Crippen LogP contribution in [0.15, 0.2) is 12.4 Å². The van der Waals surface area contributed by atoms with Crippen molar-refractivity contribution in [3.05, 3.63) is 18.1 Å². The maximum absolute atomic E-state index is 5.42. The summed E-state index contributed by atoms with van der Waals surface area (Å²) in [4.78, 5) is 11.3. The van der Waals surface area contributed by atoms with Gasteiger partial charge in [-0.1, -0.05) is 20.8 Å². The van der Waals surface area contributed by atoms with Gasteiger partial charge in [0.15, 0.2) is 0 Å². The molecular weight excluding hydrogens is 264 g/mol. The highest BCUT2D eigenvalue weighted by atomic mass is 16.5. The van der Waals surface area contributed by atoms with Gasteiger partial charge in [0.2, 0.25) is 5.88 Å². The van der Waals surface area contributed by atoms with Crippen LogP contribution in [0, 0.1) is 0 Å². The molecule has 21 heavy (non-hydrogen) atoms. The molecule has 1 aromatic heterocycles. The minimum atomic E-state index is -0.0814. The van der Waals surface area contributed by atoms with Gasteiger partial charge in [-0.15, -0.1) is 0 Å². The summed E-state index contributed by atoms with van der Waals surface area (Å²) >= 11 is 0. The van der Waals surface area contributed by atoms with Gasteiger partial charge in [0.1, 0.15) is 5.69 Å². The summed E-state index contributed by atoms with van der Waals surface area (Å²) in [5.74, 6) is 0.603. The van der Waals surface area contributed by atoms with Crippen LogP contribution in [0.5, 0.6) is 5.88 Å². The predicted octanol–water partition coefficient (Wildman–Crippen LogP) is 2.65. The van der Waals surface area contributed by atoms with Crippen molar-refractivity contribution in [2.75, 3.05) is 26.7 Å². The number of hydrogen-bond donors (Lipinski definition) is 1. The second kappa shape index (κ2) is 8.29. The van der Waals surface area contributed by atoms with E-state index in [0.717, 1.165) is 31.7 Å². The minimum absolute atomic E-state index is 0.0704. The topological polar surface area (TPSA) is 50.3 Å². The van der Waals surface area contributed by atoms with Crippen LogP contribution in [0.4, 0.5) is 0 Å². The molecule has 0 aliphatic rings. The standard InChI is InChI=1S/C16H30N4O/c1-7-10-18-14(16(4,5)20(8-2)9-3)13-15(21-6)19-12-11-17-13/h11-12,14,18H,7-10H2,1-6H3. The SMILES string of the molecule is CCCNC(c1nccnc1OC)C(C)(C)N(CC)CC. The van der Waals surface area contributed by atoms with Crippen molar-refractivity contribution in [1.82, 2.24) is 20.2 Å². The van der Waals surface area contributed by atoms with E-state index in [9.17, 15) is 0 Å². The van der Waals surface area contributed by atoms with Crippen LogP contribution in [0.3, 0.4) is 0 Å². The van der Waals surface area contributed by atoms with Crippen molar-refractivity contribution in [1.29, 1.82) is 0 Å². The molecule has 0 aromatic carbocycles. The second-order valence-electron chi connectivity index (χ2n) is 5.66. The van der Waals surface area contributed by atoms with Gasteiger partial charge >= 0.3 is 0 Å². The van der Waals surface area contributed by atoms with Crippen LogP contribution < -0.4 is 10.1 Å². The van der Waals surface area contributed by atoms with Crippen LogP contribution in [-0.4, -0.2) is 47.2 Å². The first-order valence-corrected chi connectivity index (χ1v) is 7.86. The van der Waals surface area contributed by atoms with Crippen molar-refractivity contribution in [3.63, 3.8) is 0 Å². The number of hydrogen-bond acceptors (Lipinski definition) is 5. The van der Waals surface area contributed by atoms with E-state index in [1.54, 1.807) is 19.5 Å². The smallest absolute Gasteiger partial charge is 0.237 e. The second-order valence-corrected chi connectivity index (χ2v) is 5.66. The van der Waals surface area contributed by atoms with Crippen LogP contribution in [0.25, 0.3) is 0 Å². The molecule has 0 amide bonds. The highest BCUT2D eigenvalue weighted by Crippen LogP contribution is 2.33. The first kappa shape index (κ1) is 17.9. The third kappa shape index (κ3) is 4.14. The van der Waals surface area contributed by atoms with Crippen molar-refractivity contribution >= 4 is 0 Å². The summed E-state index contributed by atoms with van der Waals surface area (Å²) in [6, 6.07) is 0.0704. The van der Waals surface area contributed by atoms with E-state index in [0.29, 0.717) is 5.88 Å². The molecule has 0 aliphatic carbocycles. The Morgan fingerprint density at radius 3 is 2.33 bits per heavy atom. The molecule has 0 spiro atoms. The summed E-state index contributed by atoms with van der Waals surface area (Å²) in [6.07, 6.45) is 4.48. The van der Waals surface area contributed by atoms with E-state index in [1.165, 1.54) is 0 Å². The Bertz CT molecular complexity index is 418. The number of likely N-dealkylation sites (N-methyl/N-ethyl adjacent to an activating group) is 1. The van der Waals surface area contributed by atoms with Crippen LogP contribution >= 0.6 is 0 Å². The molecule has 1 heterocycles. The molecule has 0 bridgehead atoms. The zero-order valence-electron chi connectivity index (χ0n) is 14.3. The van der Waals surface area contributed by atoms with Crippen molar-refractivity contribution in [2.45, 2.75) is 52.6 Å². The van der Waals surface area contributed by atoms with Crippen molar-refractivity contribution in [2.24, 2.45) is 0 Å². The normalized spacial score (nSPS) is 13.5. The lowest BCUT2D eigenvalue weighted by Gasteiger charge is -2.43. The number of methoxy groups -OCH3 is 1. The molecule has 5 nitrogen and oxygen atoms in total. The maximum Gasteiger partial charge on any atom is 0.237 e. The molecule has 0 aliphatic heterocycles. The van der Waals surface area contributed by atoms with E-state index in [-0.39, 0.29) is 11.6 Å². The largest absolute Gasteiger partial charge is 0.480 e. The average Bonchev–Trinajstić information content (AvgIpc) is 2.48. The highest BCUT2D eigenvalue weighted by molar-refractivity contribution is 5.24.